The summed E-state index contributed by atoms with van der Waals surface area (Å²) in [5.74, 6) is 0.506. The van der Waals surface area contributed by atoms with Gasteiger partial charge in [0.15, 0.2) is 9.84 Å². The van der Waals surface area contributed by atoms with Crippen molar-refractivity contribution in [3.05, 3.63) is 29.8 Å². The third-order valence-corrected chi connectivity index (χ3v) is 5.84. The minimum Gasteiger partial charge on any atom is -0.337 e. The molecule has 0 spiro atoms. The molecule has 0 aliphatic carbocycles. The van der Waals surface area contributed by atoms with Crippen molar-refractivity contribution in [3.63, 3.8) is 0 Å². The van der Waals surface area contributed by atoms with E-state index in [9.17, 15) is 13.2 Å². The molecule has 0 radical (unpaired) electrons. The van der Waals surface area contributed by atoms with Gasteiger partial charge in [-0.1, -0.05) is 18.2 Å². The molecule has 1 aromatic carbocycles. The Morgan fingerprint density at radius 2 is 2.15 bits per heavy atom. The summed E-state index contributed by atoms with van der Waals surface area (Å²) in [6, 6.07) is 7.75. The van der Waals surface area contributed by atoms with Crippen LogP contribution >= 0.6 is 0 Å². The molecule has 1 N–H and O–H groups in total. The van der Waals surface area contributed by atoms with Crippen LogP contribution in [0.25, 0.3) is 0 Å². The molecule has 1 saturated heterocycles. The predicted molar refractivity (Wildman–Crippen MR) is 77.7 cm³/mol. The second-order valence-electron chi connectivity index (χ2n) is 5.49. The zero-order chi connectivity index (χ0) is 14.2. The molecule has 2 amide bonds. The molecule has 2 heterocycles. The van der Waals surface area contributed by atoms with E-state index in [1.54, 1.807) is 4.90 Å². The van der Waals surface area contributed by atoms with Crippen LogP contribution in [0.3, 0.4) is 0 Å². The Labute approximate surface area is 118 Å². The van der Waals surface area contributed by atoms with E-state index in [1.807, 2.05) is 24.3 Å². The summed E-state index contributed by atoms with van der Waals surface area (Å²) in [6.07, 6.45) is 1.53. The van der Waals surface area contributed by atoms with Crippen LogP contribution in [0.2, 0.25) is 0 Å². The SMILES string of the molecule is O=C(NC[C@@H]1CCS(=O)(=O)C1)N1CCc2ccccc21. The minimum atomic E-state index is -2.88. The first-order valence-corrected chi connectivity index (χ1v) is 8.71. The lowest BCUT2D eigenvalue weighted by molar-refractivity contribution is 0.245. The summed E-state index contributed by atoms with van der Waals surface area (Å²) in [7, 11) is -2.88. The number of nitrogens with one attached hydrogen (secondary N) is 1. The highest BCUT2D eigenvalue weighted by atomic mass is 32.2. The first kappa shape index (κ1) is 13.4. The van der Waals surface area contributed by atoms with E-state index < -0.39 is 9.84 Å². The molecular weight excluding hydrogens is 276 g/mol. The van der Waals surface area contributed by atoms with Crippen LogP contribution in [-0.4, -0.2) is 39.0 Å². The number of carbonyl (C=O) groups is 1. The molecule has 0 saturated carbocycles. The summed E-state index contributed by atoms with van der Waals surface area (Å²) < 4.78 is 22.8. The second kappa shape index (κ2) is 5.09. The normalized spacial score (nSPS) is 23.6. The maximum absolute atomic E-state index is 12.2. The Hall–Kier alpha value is -1.56. The third kappa shape index (κ3) is 2.65. The fourth-order valence-electron chi connectivity index (χ4n) is 2.91. The molecular formula is C14H18N2O3S. The largest absolute Gasteiger partial charge is 0.337 e. The molecule has 3 rings (SSSR count). The summed E-state index contributed by atoms with van der Waals surface area (Å²) in [5.41, 5.74) is 2.15. The summed E-state index contributed by atoms with van der Waals surface area (Å²) in [6.45, 7) is 1.13. The molecule has 5 nitrogen and oxygen atoms in total. The van der Waals surface area contributed by atoms with Crippen molar-refractivity contribution < 1.29 is 13.2 Å². The number of urea groups is 1. The molecule has 0 bridgehead atoms. The van der Waals surface area contributed by atoms with Crippen LogP contribution in [0.4, 0.5) is 10.5 Å². The van der Waals surface area contributed by atoms with Crippen molar-refractivity contribution >= 4 is 21.6 Å². The van der Waals surface area contributed by atoms with Gasteiger partial charge in [0.05, 0.1) is 11.5 Å². The Kier molecular flexibility index (Phi) is 3.41. The van der Waals surface area contributed by atoms with Crippen LogP contribution in [0.15, 0.2) is 24.3 Å². The number of nitrogens with zero attached hydrogens (tertiary/aromatic N) is 1. The van der Waals surface area contributed by atoms with Gasteiger partial charge in [0.25, 0.3) is 0 Å². The summed E-state index contributed by atoms with van der Waals surface area (Å²) in [4.78, 5) is 13.9. The molecule has 1 aromatic rings. The molecule has 2 aliphatic rings. The monoisotopic (exact) mass is 294 g/mol. The number of hydrogen-bond donors (Lipinski definition) is 1. The average Bonchev–Trinajstić information content (AvgIpc) is 2.99. The van der Waals surface area contributed by atoms with Crippen molar-refractivity contribution in [2.24, 2.45) is 5.92 Å². The standard InChI is InChI=1S/C14H18N2O3S/c17-14(15-9-11-6-8-20(18,19)10-11)16-7-5-12-3-1-2-4-13(12)16/h1-4,11H,5-10H2,(H,15,17)/t11-/m0/s1. The maximum atomic E-state index is 12.2. The Morgan fingerprint density at radius 1 is 1.35 bits per heavy atom. The van der Waals surface area contributed by atoms with Crippen molar-refractivity contribution in [1.29, 1.82) is 0 Å². The third-order valence-electron chi connectivity index (χ3n) is 4.00. The highest BCUT2D eigenvalue weighted by molar-refractivity contribution is 7.91. The smallest absolute Gasteiger partial charge is 0.321 e. The highest BCUT2D eigenvalue weighted by Crippen LogP contribution is 2.27. The molecule has 1 fully saturated rings. The first-order chi connectivity index (χ1) is 9.55. The van der Waals surface area contributed by atoms with Crippen LogP contribution in [0, 0.1) is 5.92 Å². The number of amides is 2. The lowest BCUT2D eigenvalue weighted by atomic mass is 10.1. The van der Waals surface area contributed by atoms with E-state index in [0.717, 1.165) is 12.1 Å². The van der Waals surface area contributed by atoms with Gasteiger partial charge < -0.3 is 5.32 Å². The Morgan fingerprint density at radius 3 is 2.90 bits per heavy atom. The van der Waals surface area contributed by atoms with Crippen LogP contribution < -0.4 is 10.2 Å². The van der Waals surface area contributed by atoms with Gasteiger partial charge in [0, 0.05) is 18.8 Å². The lowest BCUT2D eigenvalue weighted by Gasteiger charge is -2.19. The topological polar surface area (TPSA) is 66.5 Å². The summed E-state index contributed by atoms with van der Waals surface area (Å²) >= 11 is 0. The predicted octanol–water partition coefficient (Wildman–Crippen LogP) is 1.19. The van der Waals surface area contributed by atoms with Crippen molar-refractivity contribution in [2.45, 2.75) is 12.8 Å². The van der Waals surface area contributed by atoms with Gasteiger partial charge in [-0.15, -0.1) is 0 Å². The molecule has 2 aliphatic heterocycles. The van der Waals surface area contributed by atoms with Gasteiger partial charge in [-0.25, -0.2) is 13.2 Å². The van der Waals surface area contributed by atoms with Crippen LogP contribution in [-0.2, 0) is 16.3 Å². The van der Waals surface area contributed by atoms with E-state index in [4.69, 9.17) is 0 Å². The van der Waals surface area contributed by atoms with Gasteiger partial charge in [-0.3, -0.25) is 4.90 Å². The van der Waals surface area contributed by atoms with E-state index in [0.29, 0.717) is 19.5 Å². The number of fused-ring (bicyclic) bond motifs is 1. The number of sulfone groups is 1. The lowest BCUT2D eigenvalue weighted by Crippen LogP contribution is -2.41. The van der Waals surface area contributed by atoms with E-state index >= 15 is 0 Å². The van der Waals surface area contributed by atoms with Gasteiger partial charge in [-0.2, -0.15) is 0 Å². The van der Waals surface area contributed by atoms with Gasteiger partial charge in [0.2, 0.25) is 0 Å². The molecule has 108 valence electrons. The highest BCUT2D eigenvalue weighted by Gasteiger charge is 2.29. The maximum Gasteiger partial charge on any atom is 0.321 e. The van der Waals surface area contributed by atoms with Crippen LogP contribution in [0.5, 0.6) is 0 Å². The van der Waals surface area contributed by atoms with Crippen LogP contribution in [0.1, 0.15) is 12.0 Å². The number of hydrogen-bond acceptors (Lipinski definition) is 3. The zero-order valence-corrected chi connectivity index (χ0v) is 12.0. The Bertz CT molecular complexity index is 627. The van der Waals surface area contributed by atoms with Crippen molar-refractivity contribution in [1.82, 2.24) is 5.32 Å². The number of rotatable bonds is 2. The van der Waals surface area contributed by atoms with E-state index in [1.165, 1.54) is 5.56 Å². The van der Waals surface area contributed by atoms with E-state index in [-0.39, 0.29) is 23.5 Å². The average molecular weight is 294 g/mol. The fraction of sp³-hybridized carbons (Fsp3) is 0.500. The van der Waals surface area contributed by atoms with E-state index in [2.05, 4.69) is 5.32 Å². The van der Waals surface area contributed by atoms with Crippen molar-refractivity contribution in [2.75, 3.05) is 29.5 Å². The number of benzene rings is 1. The number of carbonyl (C=O) groups excluding carboxylic acids is 1. The van der Waals surface area contributed by atoms with Gasteiger partial charge in [0.1, 0.15) is 0 Å². The summed E-state index contributed by atoms with van der Waals surface area (Å²) in [5, 5.41) is 2.87. The molecule has 20 heavy (non-hydrogen) atoms. The minimum absolute atomic E-state index is 0.0572. The Balaban J connectivity index is 1.59. The first-order valence-electron chi connectivity index (χ1n) is 6.89. The molecule has 0 aromatic heterocycles. The quantitative estimate of drug-likeness (QED) is 0.891. The number of para-hydroxylation sites is 1. The fourth-order valence-corrected chi connectivity index (χ4v) is 4.77. The molecule has 6 heteroatoms. The van der Waals surface area contributed by atoms with Crippen molar-refractivity contribution in [3.8, 4) is 0 Å². The molecule has 0 unspecified atom stereocenters. The van der Waals surface area contributed by atoms with Gasteiger partial charge >= 0.3 is 6.03 Å². The zero-order valence-electron chi connectivity index (χ0n) is 11.2. The second-order valence-corrected chi connectivity index (χ2v) is 7.71. The molecule has 1 atom stereocenters. The number of anilines is 1. The van der Waals surface area contributed by atoms with Gasteiger partial charge in [-0.05, 0) is 30.4 Å².